The molecule has 1 fully saturated rings. The van der Waals surface area contributed by atoms with E-state index in [-0.39, 0.29) is 17.8 Å². The summed E-state index contributed by atoms with van der Waals surface area (Å²) in [5.41, 5.74) is 2.39. The second-order valence-corrected chi connectivity index (χ2v) is 7.78. The van der Waals surface area contributed by atoms with Gasteiger partial charge in [0.05, 0.1) is 23.4 Å². The summed E-state index contributed by atoms with van der Waals surface area (Å²) in [4.78, 5) is 19.1. The molecule has 3 aromatic rings. The Morgan fingerprint density at radius 3 is 2.76 bits per heavy atom. The number of aromatic nitrogens is 2. The van der Waals surface area contributed by atoms with E-state index in [1.54, 1.807) is 18.5 Å². The topological polar surface area (TPSA) is 50.2 Å². The summed E-state index contributed by atoms with van der Waals surface area (Å²) < 4.78 is 16.5. The van der Waals surface area contributed by atoms with Gasteiger partial charge in [-0.2, -0.15) is 0 Å². The molecule has 29 heavy (non-hydrogen) atoms. The highest BCUT2D eigenvalue weighted by Gasteiger charge is 2.28. The van der Waals surface area contributed by atoms with Crippen LogP contribution in [0.1, 0.15) is 30.9 Å². The van der Waals surface area contributed by atoms with Crippen molar-refractivity contribution in [2.75, 3.05) is 19.6 Å². The van der Waals surface area contributed by atoms with E-state index < -0.39 is 0 Å². The standard InChI is InChI=1S/C22H24ClFN4O/c23-16-6-5-7-17(24)22(16)20(27-11-3-4-12-27)14-25-21(29)10-13-28-15-26-18-8-1-2-9-19(18)28/h1-2,5-9,15,20H,3-4,10-14H2,(H,25,29). The largest absolute Gasteiger partial charge is 0.354 e. The number of benzene rings is 2. The van der Waals surface area contributed by atoms with Crippen LogP contribution in [0.5, 0.6) is 0 Å². The van der Waals surface area contributed by atoms with Gasteiger partial charge in [-0.15, -0.1) is 0 Å². The number of carbonyl (C=O) groups is 1. The number of hydrogen-bond donors (Lipinski definition) is 1. The molecule has 1 amide bonds. The molecular weight excluding hydrogens is 391 g/mol. The number of imidazole rings is 1. The SMILES string of the molecule is O=C(CCn1cnc2ccccc21)NCC(c1c(F)cccc1Cl)N1CCCC1. The monoisotopic (exact) mass is 414 g/mol. The molecule has 152 valence electrons. The lowest BCUT2D eigenvalue weighted by atomic mass is 10.0. The summed E-state index contributed by atoms with van der Waals surface area (Å²) in [6.07, 6.45) is 4.23. The highest BCUT2D eigenvalue weighted by Crippen LogP contribution is 2.32. The van der Waals surface area contributed by atoms with Crippen molar-refractivity contribution in [1.82, 2.24) is 19.8 Å². The fourth-order valence-corrected chi connectivity index (χ4v) is 4.29. The molecule has 0 spiro atoms. The number of halogens is 2. The second kappa shape index (κ2) is 8.93. The zero-order valence-corrected chi connectivity index (χ0v) is 16.9. The Balaban J connectivity index is 1.41. The van der Waals surface area contributed by atoms with E-state index >= 15 is 0 Å². The van der Waals surface area contributed by atoms with Crippen LogP contribution in [-0.2, 0) is 11.3 Å². The van der Waals surface area contributed by atoms with Gasteiger partial charge in [-0.25, -0.2) is 9.37 Å². The van der Waals surface area contributed by atoms with Crippen molar-refractivity contribution in [3.8, 4) is 0 Å². The molecule has 7 heteroatoms. The zero-order chi connectivity index (χ0) is 20.2. The second-order valence-electron chi connectivity index (χ2n) is 7.37. The van der Waals surface area contributed by atoms with Gasteiger partial charge < -0.3 is 9.88 Å². The van der Waals surface area contributed by atoms with Crippen LogP contribution in [0.15, 0.2) is 48.8 Å². The van der Waals surface area contributed by atoms with Gasteiger partial charge in [0.25, 0.3) is 0 Å². The number of nitrogens with zero attached hydrogens (tertiary/aromatic N) is 3. The number of para-hydroxylation sites is 2. The quantitative estimate of drug-likeness (QED) is 0.631. The fourth-order valence-electron chi connectivity index (χ4n) is 4.01. The van der Waals surface area contributed by atoms with Gasteiger partial charge in [-0.05, 0) is 50.2 Å². The van der Waals surface area contributed by atoms with Crippen LogP contribution in [0.2, 0.25) is 5.02 Å². The van der Waals surface area contributed by atoms with Gasteiger partial charge in [0.2, 0.25) is 5.91 Å². The predicted octanol–water partition coefficient (Wildman–Crippen LogP) is 4.17. The molecule has 1 N–H and O–H groups in total. The molecule has 4 rings (SSSR count). The van der Waals surface area contributed by atoms with Gasteiger partial charge in [0, 0.05) is 30.1 Å². The highest BCUT2D eigenvalue weighted by atomic mass is 35.5. The number of hydrogen-bond acceptors (Lipinski definition) is 3. The molecule has 5 nitrogen and oxygen atoms in total. The van der Waals surface area contributed by atoms with Crippen LogP contribution in [0.3, 0.4) is 0 Å². The number of nitrogens with one attached hydrogen (secondary N) is 1. The first-order valence-electron chi connectivity index (χ1n) is 9.98. The molecule has 1 aromatic heterocycles. The zero-order valence-electron chi connectivity index (χ0n) is 16.2. The summed E-state index contributed by atoms with van der Waals surface area (Å²) in [6.45, 7) is 2.64. The minimum absolute atomic E-state index is 0.0700. The molecule has 1 aliphatic heterocycles. The Morgan fingerprint density at radius 2 is 1.97 bits per heavy atom. The first kappa shape index (κ1) is 19.9. The maximum atomic E-state index is 14.5. The van der Waals surface area contributed by atoms with Gasteiger partial charge in [0.15, 0.2) is 0 Å². The van der Waals surface area contributed by atoms with Gasteiger partial charge >= 0.3 is 0 Å². The lowest BCUT2D eigenvalue weighted by Crippen LogP contribution is -2.37. The average Bonchev–Trinajstić information content (AvgIpc) is 3.38. The maximum Gasteiger partial charge on any atom is 0.221 e. The van der Waals surface area contributed by atoms with Crippen LogP contribution in [0.4, 0.5) is 4.39 Å². The van der Waals surface area contributed by atoms with Gasteiger partial charge in [-0.1, -0.05) is 29.8 Å². The molecule has 0 aliphatic carbocycles. The summed E-state index contributed by atoms with van der Waals surface area (Å²) >= 11 is 6.31. The van der Waals surface area contributed by atoms with E-state index in [1.807, 2.05) is 28.8 Å². The maximum absolute atomic E-state index is 14.5. The highest BCUT2D eigenvalue weighted by molar-refractivity contribution is 6.31. The van der Waals surface area contributed by atoms with Crippen molar-refractivity contribution in [2.45, 2.75) is 31.8 Å². The van der Waals surface area contributed by atoms with E-state index in [1.165, 1.54) is 6.07 Å². The number of amides is 1. The number of aryl methyl sites for hydroxylation is 1. The third-order valence-electron chi connectivity index (χ3n) is 5.51. The number of rotatable bonds is 7. The molecule has 1 saturated heterocycles. The van der Waals surface area contributed by atoms with E-state index in [4.69, 9.17) is 11.6 Å². The first-order valence-corrected chi connectivity index (χ1v) is 10.4. The van der Waals surface area contributed by atoms with Crippen LogP contribution < -0.4 is 5.32 Å². The summed E-state index contributed by atoms with van der Waals surface area (Å²) in [5.74, 6) is -0.395. The van der Waals surface area contributed by atoms with Crippen LogP contribution in [-0.4, -0.2) is 40.0 Å². The molecule has 1 aliphatic rings. The van der Waals surface area contributed by atoms with E-state index in [9.17, 15) is 9.18 Å². The van der Waals surface area contributed by atoms with Crippen molar-refractivity contribution >= 4 is 28.5 Å². The van der Waals surface area contributed by atoms with Gasteiger partial charge in [0.1, 0.15) is 5.82 Å². The Bertz CT molecular complexity index is 979. The van der Waals surface area contributed by atoms with E-state index in [2.05, 4.69) is 15.2 Å². The van der Waals surface area contributed by atoms with Crippen molar-refractivity contribution in [3.63, 3.8) is 0 Å². The Kier molecular flexibility index (Phi) is 6.11. The lowest BCUT2D eigenvalue weighted by Gasteiger charge is -2.29. The van der Waals surface area contributed by atoms with Gasteiger partial charge in [-0.3, -0.25) is 9.69 Å². The molecule has 0 saturated carbocycles. The third-order valence-corrected chi connectivity index (χ3v) is 5.84. The summed E-state index contributed by atoms with van der Waals surface area (Å²) in [5, 5.41) is 3.39. The molecule has 0 radical (unpaired) electrons. The molecule has 0 bridgehead atoms. The van der Waals surface area contributed by atoms with Crippen molar-refractivity contribution < 1.29 is 9.18 Å². The Hall–Kier alpha value is -2.44. The first-order chi connectivity index (χ1) is 14.1. The lowest BCUT2D eigenvalue weighted by molar-refractivity contribution is -0.121. The number of fused-ring (bicyclic) bond motifs is 1. The average molecular weight is 415 g/mol. The molecule has 1 unspecified atom stereocenters. The van der Waals surface area contributed by atoms with Crippen LogP contribution in [0.25, 0.3) is 11.0 Å². The third kappa shape index (κ3) is 4.43. The summed E-state index contributed by atoms with van der Waals surface area (Å²) in [7, 11) is 0. The predicted molar refractivity (Wildman–Crippen MR) is 112 cm³/mol. The molecule has 1 atom stereocenters. The molecule has 2 aromatic carbocycles. The van der Waals surface area contributed by atoms with Crippen molar-refractivity contribution in [3.05, 3.63) is 65.2 Å². The minimum atomic E-state index is -0.325. The molecule has 2 heterocycles. The van der Waals surface area contributed by atoms with Crippen molar-refractivity contribution in [2.24, 2.45) is 0 Å². The van der Waals surface area contributed by atoms with E-state index in [0.29, 0.717) is 30.1 Å². The Labute approximate surface area is 174 Å². The van der Waals surface area contributed by atoms with Crippen LogP contribution in [0, 0.1) is 5.82 Å². The Morgan fingerprint density at radius 1 is 1.17 bits per heavy atom. The smallest absolute Gasteiger partial charge is 0.221 e. The summed E-state index contributed by atoms with van der Waals surface area (Å²) in [6, 6.07) is 12.3. The minimum Gasteiger partial charge on any atom is -0.354 e. The fraction of sp³-hybridized carbons (Fsp3) is 0.364. The number of likely N-dealkylation sites (tertiary alicyclic amines) is 1. The van der Waals surface area contributed by atoms with Crippen LogP contribution >= 0.6 is 11.6 Å². The molecular formula is C22H24ClFN4O. The normalized spacial score (nSPS) is 15.7. The van der Waals surface area contributed by atoms with Crippen molar-refractivity contribution in [1.29, 1.82) is 0 Å². The van der Waals surface area contributed by atoms with E-state index in [0.717, 1.165) is 37.0 Å². The number of carbonyl (C=O) groups excluding carboxylic acids is 1.